The van der Waals surface area contributed by atoms with E-state index in [-0.39, 0.29) is 6.04 Å². The molecule has 2 aromatic rings. The number of hydrogen-bond donors (Lipinski definition) is 1. The van der Waals surface area contributed by atoms with Crippen molar-refractivity contribution in [2.75, 3.05) is 0 Å². The molecule has 2 aromatic heterocycles. The van der Waals surface area contributed by atoms with Gasteiger partial charge in [-0.15, -0.1) is 0 Å². The first-order valence-corrected chi connectivity index (χ1v) is 4.16. The molecule has 0 amide bonds. The third kappa shape index (κ3) is 1.29. The number of pyridine rings is 1. The zero-order valence-electron chi connectivity index (χ0n) is 7.61. The minimum absolute atomic E-state index is 0.0568. The Morgan fingerprint density at radius 3 is 3.00 bits per heavy atom. The van der Waals surface area contributed by atoms with E-state index in [0.717, 1.165) is 16.8 Å². The van der Waals surface area contributed by atoms with Gasteiger partial charge < -0.3 is 10.3 Å². The van der Waals surface area contributed by atoms with Gasteiger partial charge in [-0.1, -0.05) is 5.16 Å². The van der Waals surface area contributed by atoms with Gasteiger partial charge in [0.1, 0.15) is 0 Å². The normalized spacial score (nSPS) is 13.5. The summed E-state index contributed by atoms with van der Waals surface area (Å²) in [4.78, 5) is 4.16. The third-order valence-corrected chi connectivity index (χ3v) is 2.03. The first-order valence-electron chi connectivity index (χ1n) is 4.16. The Morgan fingerprint density at radius 2 is 2.31 bits per heavy atom. The second-order valence-electron chi connectivity index (χ2n) is 3.16. The van der Waals surface area contributed by atoms with Crippen LogP contribution in [0.15, 0.2) is 16.8 Å². The van der Waals surface area contributed by atoms with Gasteiger partial charge in [-0.3, -0.25) is 4.98 Å². The van der Waals surface area contributed by atoms with Crippen LogP contribution in [0.4, 0.5) is 0 Å². The predicted octanol–water partition coefficient (Wildman–Crippen LogP) is 1.55. The van der Waals surface area contributed by atoms with Crippen molar-refractivity contribution in [3.63, 3.8) is 0 Å². The molecule has 0 aromatic carbocycles. The fourth-order valence-corrected chi connectivity index (χ4v) is 1.23. The SMILES string of the molecule is Cc1noc2cnc(C(C)N)cc12. The fraction of sp³-hybridized carbons (Fsp3) is 0.333. The van der Waals surface area contributed by atoms with Gasteiger partial charge in [-0.05, 0) is 19.9 Å². The molecule has 2 N–H and O–H groups in total. The molecular weight excluding hydrogens is 166 g/mol. The van der Waals surface area contributed by atoms with Crippen molar-refractivity contribution in [1.29, 1.82) is 0 Å². The number of aryl methyl sites for hydroxylation is 1. The molecule has 0 bridgehead atoms. The number of aromatic nitrogens is 2. The van der Waals surface area contributed by atoms with Gasteiger partial charge in [0.15, 0.2) is 5.58 Å². The van der Waals surface area contributed by atoms with Gasteiger partial charge in [0, 0.05) is 11.4 Å². The molecule has 13 heavy (non-hydrogen) atoms. The third-order valence-electron chi connectivity index (χ3n) is 2.03. The van der Waals surface area contributed by atoms with E-state index in [4.69, 9.17) is 10.3 Å². The highest BCUT2D eigenvalue weighted by molar-refractivity contribution is 5.78. The summed E-state index contributed by atoms with van der Waals surface area (Å²) < 4.78 is 5.03. The molecule has 0 aliphatic heterocycles. The molecule has 0 saturated heterocycles. The Labute approximate surface area is 75.7 Å². The van der Waals surface area contributed by atoms with Crippen LogP contribution in [0.5, 0.6) is 0 Å². The van der Waals surface area contributed by atoms with Crippen molar-refractivity contribution in [2.24, 2.45) is 5.73 Å². The van der Waals surface area contributed by atoms with Crippen molar-refractivity contribution >= 4 is 11.0 Å². The van der Waals surface area contributed by atoms with Crippen LogP contribution in [0.1, 0.15) is 24.4 Å². The number of nitrogens with zero attached hydrogens (tertiary/aromatic N) is 2. The topological polar surface area (TPSA) is 64.9 Å². The Bertz CT molecular complexity index is 433. The standard InChI is InChI=1S/C9H11N3O/c1-5(10)8-3-7-6(2)12-13-9(7)4-11-8/h3-5H,10H2,1-2H3. The summed E-state index contributed by atoms with van der Waals surface area (Å²) in [6.07, 6.45) is 1.66. The van der Waals surface area contributed by atoms with Gasteiger partial charge in [0.25, 0.3) is 0 Å². The van der Waals surface area contributed by atoms with Crippen molar-refractivity contribution in [2.45, 2.75) is 19.9 Å². The van der Waals surface area contributed by atoms with Crippen LogP contribution in [0, 0.1) is 6.92 Å². The van der Waals surface area contributed by atoms with E-state index in [1.165, 1.54) is 0 Å². The maximum Gasteiger partial charge on any atom is 0.185 e. The van der Waals surface area contributed by atoms with Crippen LogP contribution >= 0.6 is 0 Å². The molecule has 0 spiro atoms. The molecule has 0 aliphatic carbocycles. The molecule has 0 saturated carbocycles. The summed E-state index contributed by atoms with van der Waals surface area (Å²) in [6, 6.07) is 1.87. The molecule has 2 heterocycles. The van der Waals surface area contributed by atoms with Crippen LogP contribution in [-0.4, -0.2) is 10.1 Å². The zero-order chi connectivity index (χ0) is 9.42. The zero-order valence-corrected chi connectivity index (χ0v) is 7.61. The average Bonchev–Trinajstić information content (AvgIpc) is 2.47. The molecule has 0 aliphatic rings. The van der Waals surface area contributed by atoms with Gasteiger partial charge in [-0.25, -0.2) is 0 Å². The van der Waals surface area contributed by atoms with E-state index < -0.39 is 0 Å². The first kappa shape index (κ1) is 8.19. The number of nitrogens with two attached hydrogens (primary N) is 1. The molecule has 4 heteroatoms. The molecule has 0 radical (unpaired) electrons. The highest BCUT2D eigenvalue weighted by Gasteiger charge is 2.07. The Balaban J connectivity index is 2.66. The van der Waals surface area contributed by atoms with Crippen molar-refractivity contribution < 1.29 is 4.52 Å². The predicted molar refractivity (Wildman–Crippen MR) is 49.1 cm³/mol. The minimum atomic E-state index is -0.0568. The van der Waals surface area contributed by atoms with E-state index >= 15 is 0 Å². The molecule has 68 valence electrons. The van der Waals surface area contributed by atoms with Crippen LogP contribution in [0.2, 0.25) is 0 Å². The van der Waals surface area contributed by atoms with Gasteiger partial charge >= 0.3 is 0 Å². The Hall–Kier alpha value is -1.42. The Kier molecular flexibility index (Phi) is 1.77. The summed E-state index contributed by atoms with van der Waals surface area (Å²) in [5.74, 6) is 0. The van der Waals surface area contributed by atoms with Gasteiger partial charge in [0.2, 0.25) is 0 Å². The summed E-state index contributed by atoms with van der Waals surface area (Å²) in [6.45, 7) is 3.80. The molecule has 1 unspecified atom stereocenters. The second-order valence-corrected chi connectivity index (χ2v) is 3.16. The van der Waals surface area contributed by atoms with Crippen molar-refractivity contribution in [3.8, 4) is 0 Å². The minimum Gasteiger partial charge on any atom is -0.354 e. The maximum atomic E-state index is 5.71. The Morgan fingerprint density at radius 1 is 1.54 bits per heavy atom. The van der Waals surface area contributed by atoms with E-state index in [2.05, 4.69) is 10.1 Å². The number of hydrogen-bond acceptors (Lipinski definition) is 4. The van der Waals surface area contributed by atoms with Crippen LogP contribution in [0.25, 0.3) is 11.0 Å². The van der Waals surface area contributed by atoms with Crippen molar-refractivity contribution in [3.05, 3.63) is 23.7 Å². The van der Waals surface area contributed by atoms with Gasteiger partial charge in [-0.2, -0.15) is 0 Å². The molecule has 1 atom stereocenters. The quantitative estimate of drug-likeness (QED) is 0.717. The number of fused-ring (bicyclic) bond motifs is 1. The average molecular weight is 177 g/mol. The summed E-state index contributed by atoms with van der Waals surface area (Å²) >= 11 is 0. The van der Waals surface area contributed by atoms with E-state index in [9.17, 15) is 0 Å². The highest BCUT2D eigenvalue weighted by atomic mass is 16.5. The van der Waals surface area contributed by atoms with Crippen LogP contribution < -0.4 is 5.73 Å². The fourth-order valence-electron chi connectivity index (χ4n) is 1.23. The van der Waals surface area contributed by atoms with Crippen molar-refractivity contribution in [1.82, 2.24) is 10.1 Å². The summed E-state index contributed by atoms with van der Waals surface area (Å²) in [5, 5.41) is 4.83. The molecular formula is C9H11N3O. The second kappa shape index (κ2) is 2.81. The van der Waals surface area contributed by atoms with E-state index in [1.807, 2.05) is 19.9 Å². The monoisotopic (exact) mass is 177 g/mol. The van der Waals surface area contributed by atoms with Crippen LogP contribution in [-0.2, 0) is 0 Å². The largest absolute Gasteiger partial charge is 0.354 e. The molecule has 0 fully saturated rings. The maximum absolute atomic E-state index is 5.71. The first-order chi connectivity index (χ1) is 6.18. The lowest BCUT2D eigenvalue weighted by molar-refractivity contribution is 0.449. The summed E-state index contributed by atoms with van der Waals surface area (Å²) in [5.41, 5.74) is 8.15. The lowest BCUT2D eigenvalue weighted by Crippen LogP contribution is -2.06. The van der Waals surface area contributed by atoms with Gasteiger partial charge in [0.05, 0.1) is 17.6 Å². The van der Waals surface area contributed by atoms with E-state index in [0.29, 0.717) is 5.58 Å². The molecule has 2 rings (SSSR count). The number of rotatable bonds is 1. The lowest BCUT2D eigenvalue weighted by atomic mass is 10.2. The van der Waals surface area contributed by atoms with E-state index in [1.54, 1.807) is 6.20 Å². The van der Waals surface area contributed by atoms with Crippen LogP contribution in [0.3, 0.4) is 0 Å². The summed E-state index contributed by atoms with van der Waals surface area (Å²) in [7, 11) is 0. The lowest BCUT2D eigenvalue weighted by Gasteiger charge is -2.02. The smallest absolute Gasteiger partial charge is 0.185 e. The highest BCUT2D eigenvalue weighted by Crippen LogP contribution is 2.19. The molecule has 4 nitrogen and oxygen atoms in total.